The summed E-state index contributed by atoms with van der Waals surface area (Å²) in [5.41, 5.74) is 3.49. The summed E-state index contributed by atoms with van der Waals surface area (Å²) in [6.07, 6.45) is 0. The third kappa shape index (κ3) is 3.87. The van der Waals surface area contributed by atoms with Crippen LogP contribution in [0.5, 0.6) is 0 Å². The molecule has 2 N–H and O–H groups in total. The Morgan fingerprint density at radius 2 is 1.41 bits per heavy atom. The highest BCUT2D eigenvalue weighted by atomic mass is 16.2. The van der Waals surface area contributed by atoms with E-state index in [2.05, 4.69) is 15.6 Å². The lowest BCUT2D eigenvalue weighted by molar-refractivity contribution is 0.101. The fourth-order valence-corrected chi connectivity index (χ4v) is 3.16. The lowest BCUT2D eigenvalue weighted by Crippen LogP contribution is -2.16. The van der Waals surface area contributed by atoms with E-state index in [0.29, 0.717) is 29.3 Å². The Kier molecular flexibility index (Phi) is 5.07. The molecule has 0 aliphatic rings. The Morgan fingerprint density at radius 1 is 0.793 bits per heavy atom. The zero-order chi connectivity index (χ0) is 20.2. The monoisotopic (exact) mass is 384 g/mol. The molecule has 1 heterocycles. The van der Waals surface area contributed by atoms with Crippen molar-refractivity contribution >= 4 is 34.5 Å². The number of carbonyl (C=O) groups is 2. The molecule has 29 heavy (non-hydrogen) atoms. The van der Waals surface area contributed by atoms with E-state index in [4.69, 9.17) is 0 Å². The molecule has 0 atom stereocenters. The molecule has 0 fully saturated rings. The van der Waals surface area contributed by atoms with Crippen molar-refractivity contribution in [3.8, 4) is 0 Å². The average molecular weight is 384 g/mol. The largest absolute Gasteiger partial charge is 0.322 e. The van der Waals surface area contributed by atoms with E-state index in [1.165, 1.54) is 0 Å². The minimum Gasteiger partial charge on any atom is -0.322 e. The summed E-state index contributed by atoms with van der Waals surface area (Å²) < 4.78 is 1.96. The molecular formula is C23H20N4O2. The van der Waals surface area contributed by atoms with Gasteiger partial charge in [-0.05, 0) is 55.5 Å². The number of carbonyl (C=O) groups excluding carboxylic acids is 2. The minimum absolute atomic E-state index is 0.195. The van der Waals surface area contributed by atoms with Crippen molar-refractivity contribution in [3.05, 3.63) is 90.0 Å². The molecular weight excluding hydrogens is 364 g/mol. The standard InChI is InChI=1S/C23H20N4O2/c1-2-27-20-11-7-6-10-19(20)25-23(27)26-22(29)17-12-14-18(15-13-17)24-21(28)16-8-4-3-5-9-16/h3-15H,2H2,1H3,(H,24,28)(H,25,26,29). The predicted octanol–water partition coefficient (Wildman–Crippen LogP) is 4.56. The highest BCUT2D eigenvalue weighted by Crippen LogP contribution is 2.20. The molecule has 0 saturated heterocycles. The number of amides is 2. The minimum atomic E-state index is -0.254. The fraction of sp³-hybridized carbons (Fsp3) is 0.0870. The molecule has 0 aliphatic heterocycles. The van der Waals surface area contributed by atoms with E-state index in [9.17, 15) is 9.59 Å². The predicted molar refractivity (Wildman–Crippen MR) is 114 cm³/mol. The highest BCUT2D eigenvalue weighted by molar-refractivity contribution is 6.06. The second-order valence-electron chi connectivity index (χ2n) is 6.52. The van der Waals surface area contributed by atoms with E-state index < -0.39 is 0 Å². The van der Waals surface area contributed by atoms with Gasteiger partial charge in [0.15, 0.2) is 0 Å². The quantitative estimate of drug-likeness (QED) is 0.530. The summed E-state index contributed by atoms with van der Waals surface area (Å²) >= 11 is 0. The summed E-state index contributed by atoms with van der Waals surface area (Å²) in [5.74, 6) is 0.0653. The van der Waals surface area contributed by atoms with Crippen LogP contribution >= 0.6 is 0 Å². The topological polar surface area (TPSA) is 76.0 Å². The zero-order valence-electron chi connectivity index (χ0n) is 15.9. The van der Waals surface area contributed by atoms with Gasteiger partial charge in [0.25, 0.3) is 11.8 Å². The third-order valence-electron chi connectivity index (χ3n) is 4.64. The van der Waals surface area contributed by atoms with Gasteiger partial charge in [-0.1, -0.05) is 30.3 Å². The van der Waals surface area contributed by atoms with Crippen LogP contribution in [-0.2, 0) is 6.54 Å². The highest BCUT2D eigenvalue weighted by Gasteiger charge is 2.13. The van der Waals surface area contributed by atoms with E-state index in [1.54, 1.807) is 36.4 Å². The van der Waals surface area contributed by atoms with Gasteiger partial charge in [-0.2, -0.15) is 0 Å². The van der Waals surface area contributed by atoms with Gasteiger partial charge >= 0.3 is 0 Å². The number of anilines is 2. The number of rotatable bonds is 5. The Balaban J connectivity index is 1.48. The number of aryl methyl sites for hydroxylation is 1. The number of hydrogen-bond donors (Lipinski definition) is 2. The summed E-state index contributed by atoms with van der Waals surface area (Å²) in [5, 5.41) is 5.70. The van der Waals surface area contributed by atoms with Gasteiger partial charge in [-0.3, -0.25) is 14.9 Å². The van der Waals surface area contributed by atoms with Gasteiger partial charge < -0.3 is 9.88 Å². The van der Waals surface area contributed by atoms with Gasteiger partial charge in [0, 0.05) is 23.4 Å². The van der Waals surface area contributed by atoms with Crippen molar-refractivity contribution in [2.45, 2.75) is 13.5 Å². The van der Waals surface area contributed by atoms with Crippen LogP contribution in [0.25, 0.3) is 11.0 Å². The smallest absolute Gasteiger partial charge is 0.257 e. The molecule has 144 valence electrons. The van der Waals surface area contributed by atoms with Crippen molar-refractivity contribution in [1.82, 2.24) is 9.55 Å². The Morgan fingerprint density at radius 3 is 2.14 bits per heavy atom. The van der Waals surface area contributed by atoms with Crippen molar-refractivity contribution in [2.24, 2.45) is 0 Å². The fourth-order valence-electron chi connectivity index (χ4n) is 3.16. The molecule has 0 aliphatic carbocycles. The van der Waals surface area contributed by atoms with E-state index >= 15 is 0 Å². The van der Waals surface area contributed by atoms with Crippen LogP contribution < -0.4 is 10.6 Å². The number of nitrogens with one attached hydrogen (secondary N) is 2. The summed E-state index contributed by atoms with van der Waals surface area (Å²) in [7, 11) is 0. The lowest BCUT2D eigenvalue weighted by atomic mass is 10.1. The van der Waals surface area contributed by atoms with Crippen molar-refractivity contribution < 1.29 is 9.59 Å². The molecule has 4 rings (SSSR count). The van der Waals surface area contributed by atoms with Gasteiger partial charge in [-0.25, -0.2) is 4.98 Å². The first kappa shape index (κ1) is 18.4. The number of nitrogens with zero attached hydrogens (tertiary/aromatic N) is 2. The van der Waals surface area contributed by atoms with Gasteiger partial charge in [0.05, 0.1) is 11.0 Å². The van der Waals surface area contributed by atoms with Gasteiger partial charge in [0.2, 0.25) is 5.95 Å². The first-order valence-electron chi connectivity index (χ1n) is 9.39. The first-order valence-corrected chi connectivity index (χ1v) is 9.39. The van der Waals surface area contributed by atoms with Crippen LogP contribution in [0.15, 0.2) is 78.9 Å². The first-order chi connectivity index (χ1) is 14.2. The van der Waals surface area contributed by atoms with Crippen LogP contribution in [0.4, 0.5) is 11.6 Å². The molecule has 0 saturated carbocycles. The van der Waals surface area contributed by atoms with E-state index in [1.807, 2.05) is 54.0 Å². The van der Waals surface area contributed by atoms with Crippen LogP contribution in [-0.4, -0.2) is 21.4 Å². The summed E-state index contributed by atoms with van der Waals surface area (Å²) in [4.78, 5) is 29.4. The van der Waals surface area contributed by atoms with Gasteiger partial charge in [-0.15, -0.1) is 0 Å². The second-order valence-corrected chi connectivity index (χ2v) is 6.52. The second kappa shape index (κ2) is 7.98. The number of para-hydroxylation sites is 2. The number of fused-ring (bicyclic) bond motifs is 1. The SMILES string of the molecule is CCn1c(NC(=O)c2ccc(NC(=O)c3ccccc3)cc2)nc2ccccc21. The summed E-state index contributed by atoms with van der Waals surface area (Å²) in [6.45, 7) is 2.70. The number of imidazole rings is 1. The van der Waals surface area contributed by atoms with Crippen LogP contribution in [0, 0.1) is 0 Å². The normalized spacial score (nSPS) is 10.7. The van der Waals surface area contributed by atoms with Crippen LogP contribution in [0.2, 0.25) is 0 Å². The summed E-state index contributed by atoms with van der Waals surface area (Å²) in [6, 6.07) is 23.5. The third-order valence-corrected chi connectivity index (χ3v) is 4.64. The molecule has 0 spiro atoms. The van der Waals surface area contributed by atoms with Crippen molar-refractivity contribution in [2.75, 3.05) is 10.6 Å². The Labute approximate surface area is 168 Å². The Bertz CT molecular complexity index is 1160. The number of hydrogen-bond acceptors (Lipinski definition) is 3. The molecule has 3 aromatic carbocycles. The van der Waals surface area contributed by atoms with E-state index in [0.717, 1.165) is 11.0 Å². The van der Waals surface area contributed by atoms with E-state index in [-0.39, 0.29) is 11.8 Å². The number of benzene rings is 3. The maximum atomic E-state index is 12.7. The van der Waals surface area contributed by atoms with Crippen LogP contribution in [0.1, 0.15) is 27.6 Å². The zero-order valence-corrected chi connectivity index (χ0v) is 15.9. The average Bonchev–Trinajstić information content (AvgIpc) is 3.11. The molecule has 6 nitrogen and oxygen atoms in total. The molecule has 6 heteroatoms. The van der Waals surface area contributed by atoms with Crippen LogP contribution in [0.3, 0.4) is 0 Å². The van der Waals surface area contributed by atoms with Crippen molar-refractivity contribution in [3.63, 3.8) is 0 Å². The molecule has 0 bridgehead atoms. The van der Waals surface area contributed by atoms with Crippen molar-refractivity contribution in [1.29, 1.82) is 0 Å². The molecule has 4 aromatic rings. The van der Waals surface area contributed by atoms with Gasteiger partial charge in [0.1, 0.15) is 0 Å². The maximum absolute atomic E-state index is 12.7. The molecule has 1 aromatic heterocycles. The maximum Gasteiger partial charge on any atom is 0.257 e. The molecule has 0 unspecified atom stereocenters. The number of aromatic nitrogens is 2. The lowest BCUT2D eigenvalue weighted by Gasteiger charge is -2.09. The molecule has 2 amide bonds. The molecule has 0 radical (unpaired) electrons. The Hall–Kier alpha value is -3.93.